The van der Waals surface area contributed by atoms with E-state index in [2.05, 4.69) is 84.5 Å². The number of nitrogens with one attached hydrogen (secondary N) is 4. The molecule has 3 saturated heterocycles. The molecule has 1 saturated carbocycles. The maximum Gasteiger partial charge on any atom is 0.329 e. The molecule has 71 heavy (non-hydrogen) atoms. The number of imidazole rings is 1. The van der Waals surface area contributed by atoms with Crippen LogP contribution in [-0.2, 0) is 32.6 Å². The SMILES string of the molecule is CCn1c(=O)n(C2CCC(=O)NC2=O)c2cccc(CCN3CCN(C4CCN(c5cc(OC)c(Nc6ncc(Br)c(Nc7ccc8nccnc8c7NS(C)(=O)=O)n6)cc5C5CCCC5)CC4)CC3)c21. The molecular formula is C50H60BrN13O6S. The number of piperazine rings is 1. The predicted octanol–water partition coefficient (Wildman–Crippen LogP) is 6.65. The van der Waals surface area contributed by atoms with Gasteiger partial charge in [0.15, 0.2) is 0 Å². The molecule has 374 valence electrons. The van der Waals surface area contributed by atoms with Crippen molar-refractivity contribution in [2.24, 2.45) is 0 Å². The van der Waals surface area contributed by atoms with Crippen molar-refractivity contribution in [3.63, 3.8) is 0 Å². The number of anilines is 6. The fourth-order valence-electron chi connectivity index (χ4n) is 11.1. The van der Waals surface area contributed by atoms with Gasteiger partial charge in [-0.25, -0.2) is 18.2 Å². The second kappa shape index (κ2) is 20.5. The number of hydrogen-bond acceptors (Lipinski definition) is 15. The summed E-state index contributed by atoms with van der Waals surface area (Å²) < 4.78 is 37.5. The smallest absolute Gasteiger partial charge is 0.329 e. The van der Waals surface area contributed by atoms with Gasteiger partial charge >= 0.3 is 5.69 Å². The van der Waals surface area contributed by atoms with Crippen molar-refractivity contribution >= 4 is 94.4 Å². The Morgan fingerprint density at radius 2 is 1.66 bits per heavy atom. The van der Waals surface area contributed by atoms with Gasteiger partial charge in [-0.2, -0.15) is 4.98 Å². The van der Waals surface area contributed by atoms with Crippen molar-refractivity contribution in [2.75, 3.05) is 79.4 Å². The number of carbonyl (C=O) groups is 2. The molecule has 1 unspecified atom stereocenters. The minimum absolute atomic E-state index is 0.207. The molecule has 4 fully saturated rings. The fourth-order valence-corrected chi connectivity index (χ4v) is 12.0. The van der Waals surface area contributed by atoms with Gasteiger partial charge < -0.3 is 25.2 Å². The van der Waals surface area contributed by atoms with Gasteiger partial charge in [0.2, 0.25) is 27.8 Å². The lowest BCUT2D eigenvalue weighted by Crippen LogP contribution is -2.53. The number of imide groups is 1. The van der Waals surface area contributed by atoms with Gasteiger partial charge in [0.05, 0.1) is 51.5 Å². The van der Waals surface area contributed by atoms with E-state index >= 15 is 0 Å². The highest BCUT2D eigenvalue weighted by molar-refractivity contribution is 9.10. The van der Waals surface area contributed by atoms with E-state index in [0.717, 1.165) is 106 Å². The summed E-state index contributed by atoms with van der Waals surface area (Å²) in [4.78, 5) is 64.3. The van der Waals surface area contributed by atoms with E-state index in [1.165, 1.54) is 30.3 Å². The summed E-state index contributed by atoms with van der Waals surface area (Å²) in [6.07, 6.45) is 13.9. The van der Waals surface area contributed by atoms with E-state index < -0.39 is 22.0 Å². The van der Waals surface area contributed by atoms with Crippen molar-refractivity contribution in [3.05, 3.63) is 87.1 Å². The van der Waals surface area contributed by atoms with Gasteiger partial charge in [-0.15, -0.1) is 0 Å². The maximum atomic E-state index is 13.7. The molecule has 2 amide bonds. The van der Waals surface area contributed by atoms with Crippen LogP contribution >= 0.6 is 15.9 Å². The molecule has 10 rings (SSSR count). The maximum absolute atomic E-state index is 13.7. The number of carbonyl (C=O) groups excluding carboxylic acids is 2. The predicted molar refractivity (Wildman–Crippen MR) is 279 cm³/mol. The third kappa shape index (κ3) is 10.2. The number of rotatable bonds is 15. The van der Waals surface area contributed by atoms with Crippen LogP contribution in [0.3, 0.4) is 0 Å². The second-order valence-electron chi connectivity index (χ2n) is 19.0. The molecule has 6 aromatic rings. The summed E-state index contributed by atoms with van der Waals surface area (Å²) in [5.41, 5.74) is 7.45. The van der Waals surface area contributed by atoms with Gasteiger partial charge in [-0.05, 0) is 103 Å². The van der Waals surface area contributed by atoms with Crippen LogP contribution in [-0.4, -0.2) is 124 Å². The van der Waals surface area contributed by atoms with Crippen LogP contribution in [0.1, 0.15) is 81.4 Å². The van der Waals surface area contributed by atoms with Gasteiger partial charge in [0.1, 0.15) is 23.1 Å². The number of sulfonamides is 1. The average molecular weight is 1050 g/mol. The van der Waals surface area contributed by atoms with Crippen LogP contribution in [0.2, 0.25) is 0 Å². The Bertz CT molecular complexity index is 3160. The van der Waals surface area contributed by atoms with Crippen molar-refractivity contribution in [3.8, 4) is 5.75 Å². The van der Waals surface area contributed by atoms with E-state index in [1.807, 2.05) is 19.1 Å². The molecule has 3 aromatic heterocycles. The van der Waals surface area contributed by atoms with Crippen LogP contribution in [0.5, 0.6) is 5.75 Å². The molecule has 19 nitrogen and oxygen atoms in total. The Morgan fingerprint density at radius 1 is 0.887 bits per heavy atom. The number of fused-ring (bicyclic) bond motifs is 2. The number of methoxy groups -OCH3 is 1. The van der Waals surface area contributed by atoms with Crippen LogP contribution in [0.15, 0.2) is 70.3 Å². The number of hydrogen-bond donors (Lipinski definition) is 4. The lowest BCUT2D eigenvalue weighted by Gasteiger charge is -2.44. The van der Waals surface area contributed by atoms with Gasteiger partial charge in [-0.1, -0.05) is 25.0 Å². The molecule has 4 aliphatic rings. The van der Waals surface area contributed by atoms with Crippen LogP contribution in [0, 0.1) is 0 Å². The topological polar surface area (TPSA) is 214 Å². The number of halogens is 1. The highest BCUT2D eigenvalue weighted by Gasteiger charge is 2.34. The Labute approximate surface area is 420 Å². The van der Waals surface area contributed by atoms with Crippen LogP contribution < -0.4 is 36.0 Å². The first-order chi connectivity index (χ1) is 34.3. The zero-order chi connectivity index (χ0) is 49.4. The average Bonchev–Trinajstić information content (AvgIpc) is 4.01. The van der Waals surface area contributed by atoms with E-state index in [9.17, 15) is 22.8 Å². The first-order valence-electron chi connectivity index (χ1n) is 24.6. The quantitative estimate of drug-likeness (QED) is 0.0793. The van der Waals surface area contributed by atoms with Gasteiger partial charge in [0.25, 0.3) is 0 Å². The fraction of sp³-hybridized carbons (Fsp3) is 0.460. The Morgan fingerprint density at radius 3 is 2.39 bits per heavy atom. The summed E-state index contributed by atoms with van der Waals surface area (Å²) in [6.45, 7) is 9.19. The highest BCUT2D eigenvalue weighted by atomic mass is 79.9. The first kappa shape index (κ1) is 48.5. The van der Waals surface area contributed by atoms with Crippen molar-refractivity contribution in [1.82, 2.24) is 44.2 Å². The molecule has 0 radical (unpaired) electrons. The van der Waals surface area contributed by atoms with Crippen molar-refractivity contribution in [1.29, 1.82) is 0 Å². The monoisotopic (exact) mass is 1050 g/mol. The molecule has 21 heteroatoms. The number of benzene rings is 3. The third-order valence-corrected chi connectivity index (χ3v) is 15.8. The Hall–Kier alpha value is -6.16. The zero-order valence-electron chi connectivity index (χ0n) is 40.3. The van der Waals surface area contributed by atoms with Gasteiger partial charge in [-0.3, -0.25) is 43.6 Å². The van der Waals surface area contributed by atoms with Crippen LogP contribution in [0.25, 0.3) is 22.1 Å². The number of ether oxygens (including phenoxy) is 1. The molecule has 4 N–H and O–H groups in total. The molecule has 0 bridgehead atoms. The third-order valence-electron chi connectivity index (χ3n) is 14.6. The number of aryl methyl sites for hydroxylation is 1. The summed E-state index contributed by atoms with van der Waals surface area (Å²) >= 11 is 3.58. The van der Waals surface area contributed by atoms with E-state index in [0.29, 0.717) is 63.6 Å². The molecule has 1 aliphatic carbocycles. The number of amides is 2. The Kier molecular flexibility index (Phi) is 14.0. The molecule has 3 aromatic carbocycles. The number of piperidine rings is 2. The van der Waals surface area contributed by atoms with E-state index in [1.54, 1.807) is 40.8 Å². The largest absolute Gasteiger partial charge is 0.494 e. The molecule has 1 atom stereocenters. The first-order valence-corrected chi connectivity index (χ1v) is 27.3. The summed E-state index contributed by atoms with van der Waals surface area (Å²) in [5, 5.41) is 9.15. The summed E-state index contributed by atoms with van der Waals surface area (Å²) in [6, 6.07) is 13.7. The van der Waals surface area contributed by atoms with Gasteiger partial charge in [0, 0.05) is 95.2 Å². The lowest BCUT2D eigenvalue weighted by molar-refractivity contribution is -0.135. The van der Waals surface area contributed by atoms with Crippen molar-refractivity contribution in [2.45, 2.75) is 89.3 Å². The van der Waals surface area contributed by atoms with E-state index in [4.69, 9.17) is 9.72 Å². The number of para-hydroxylation sites is 1. The molecular weight excluding hydrogens is 991 g/mol. The van der Waals surface area contributed by atoms with Crippen molar-refractivity contribution < 1.29 is 22.7 Å². The summed E-state index contributed by atoms with van der Waals surface area (Å²) in [5.74, 6) is 1.15. The normalized spacial score (nSPS) is 18.9. The minimum Gasteiger partial charge on any atom is -0.494 e. The lowest BCUT2D eigenvalue weighted by atomic mass is 9.92. The molecule has 6 heterocycles. The highest BCUT2D eigenvalue weighted by Crippen LogP contribution is 2.45. The second-order valence-corrected chi connectivity index (χ2v) is 21.6. The summed E-state index contributed by atoms with van der Waals surface area (Å²) in [7, 11) is -1.97. The molecule has 0 spiro atoms. The van der Waals surface area contributed by atoms with Crippen LogP contribution in [0.4, 0.5) is 34.5 Å². The zero-order valence-corrected chi connectivity index (χ0v) is 42.7. The minimum atomic E-state index is -3.66. The number of nitrogens with zero attached hydrogens (tertiary/aromatic N) is 9. The standard InChI is InChI=1S/C50H60BrN13O6S/c1-4-63-46-32(10-7-11-39(46)64(50(63)67)40-14-15-43(65)57-48(40)66)16-21-60-24-26-61(27-25-60)33-17-22-62(23-18-33)41-29-42(70-2)38(28-34(41)31-8-5-6-9-31)56-49-54-30-35(51)47(58-49)55-37-13-12-36-44(53-20-19-52-36)45(37)59-71(3,68)69/h7,10-13,19-20,28-31,33,40,59H,4-6,8-9,14-18,21-27H2,1-3H3,(H,57,65,66)(H2,54,55,56,58). The van der Waals surface area contributed by atoms with E-state index in [-0.39, 0.29) is 23.7 Å². The number of aromatic nitrogens is 6. The molecule has 3 aliphatic heterocycles. The Balaban J connectivity index is 0.795.